The Morgan fingerprint density at radius 1 is 0.611 bits per heavy atom. The minimum absolute atomic E-state index is 0.623. The molecule has 2 atom stereocenters. The van der Waals surface area contributed by atoms with E-state index < -0.39 is 16.1 Å². The Labute approximate surface area is 113 Å². The van der Waals surface area contributed by atoms with Crippen LogP contribution >= 0.6 is 16.1 Å². The van der Waals surface area contributed by atoms with Crippen molar-refractivity contribution in [3.8, 4) is 0 Å². The molecular weight excluding hydrogens is 270 g/mol. The van der Waals surface area contributed by atoms with Crippen molar-refractivity contribution >= 4 is 16.1 Å². The Balaban J connectivity index is 2.99. The van der Waals surface area contributed by atoms with Crippen molar-refractivity contribution < 1.29 is 18.2 Å². The van der Waals surface area contributed by atoms with Crippen molar-refractivity contribution in [3.63, 3.8) is 0 Å². The van der Waals surface area contributed by atoms with Crippen molar-refractivity contribution in [1.82, 2.24) is 0 Å². The quantitative estimate of drug-likeness (QED) is 0.359. The number of hydrogen-bond acceptors (Lipinski definition) is 4. The van der Waals surface area contributed by atoms with Gasteiger partial charge in [-0.1, -0.05) is 38.5 Å². The van der Waals surface area contributed by atoms with Gasteiger partial charge in [-0.2, -0.15) is 0 Å². The molecule has 0 radical (unpaired) electrons. The molecule has 106 valence electrons. The van der Waals surface area contributed by atoms with Crippen LogP contribution in [0, 0.1) is 0 Å². The Morgan fingerprint density at radius 2 is 0.889 bits per heavy atom. The lowest BCUT2D eigenvalue weighted by Gasteiger charge is -2.00. The smallest absolute Gasteiger partial charge is 0.147 e. The molecule has 0 amide bonds. The molecule has 0 aliphatic carbocycles. The fraction of sp³-hybridized carbons (Fsp3) is 1.00. The molecule has 0 N–H and O–H groups in total. The molecule has 0 aromatic rings. The lowest BCUT2D eigenvalue weighted by Crippen LogP contribution is -1.88. The van der Waals surface area contributed by atoms with Gasteiger partial charge in [0.15, 0.2) is 13.3 Å². The van der Waals surface area contributed by atoms with Crippen LogP contribution < -0.4 is 0 Å². The SMILES string of the molecule is C[P+](=O)OCCCCCCCCCCO[P+](C)=O. The average molecular weight is 296 g/mol. The van der Waals surface area contributed by atoms with E-state index in [1.165, 1.54) is 25.7 Å². The highest BCUT2D eigenvalue weighted by Gasteiger charge is 2.05. The van der Waals surface area contributed by atoms with Gasteiger partial charge >= 0.3 is 16.1 Å². The highest BCUT2D eigenvalue weighted by Crippen LogP contribution is 2.17. The van der Waals surface area contributed by atoms with Crippen LogP contribution in [0.4, 0.5) is 0 Å². The van der Waals surface area contributed by atoms with E-state index in [0.29, 0.717) is 13.2 Å². The summed E-state index contributed by atoms with van der Waals surface area (Å²) in [6.45, 7) is 4.43. The molecule has 18 heavy (non-hydrogen) atoms. The lowest BCUT2D eigenvalue weighted by molar-refractivity contribution is 0.315. The molecule has 0 rings (SSSR count). The van der Waals surface area contributed by atoms with Crippen molar-refractivity contribution in [2.75, 3.05) is 26.5 Å². The maximum atomic E-state index is 10.6. The van der Waals surface area contributed by atoms with Crippen LogP contribution in [0.1, 0.15) is 51.4 Å². The van der Waals surface area contributed by atoms with Crippen molar-refractivity contribution in [2.45, 2.75) is 51.4 Å². The zero-order valence-electron chi connectivity index (χ0n) is 11.6. The van der Waals surface area contributed by atoms with E-state index >= 15 is 0 Å². The van der Waals surface area contributed by atoms with Crippen molar-refractivity contribution in [3.05, 3.63) is 0 Å². The van der Waals surface area contributed by atoms with E-state index in [4.69, 9.17) is 9.05 Å². The van der Waals surface area contributed by atoms with Crippen LogP contribution in [0.5, 0.6) is 0 Å². The van der Waals surface area contributed by atoms with Gasteiger partial charge in [0.1, 0.15) is 13.2 Å². The van der Waals surface area contributed by atoms with Crippen LogP contribution in [0.2, 0.25) is 0 Å². The van der Waals surface area contributed by atoms with Crippen LogP contribution in [0.3, 0.4) is 0 Å². The Kier molecular flexibility index (Phi) is 13.6. The first-order valence-corrected chi connectivity index (χ1v) is 9.95. The zero-order valence-corrected chi connectivity index (χ0v) is 13.4. The van der Waals surface area contributed by atoms with E-state index in [1.807, 2.05) is 0 Å². The Bertz CT molecular complexity index is 210. The molecule has 0 bridgehead atoms. The molecule has 2 unspecified atom stereocenters. The normalized spacial score (nSPS) is 12.6. The fourth-order valence-corrected chi connectivity index (χ4v) is 2.42. The Hall–Kier alpha value is 0.120. The predicted octanol–water partition coefficient (Wildman–Crippen LogP) is 4.88. The van der Waals surface area contributed by atoms with Gasteiger partial charge in [-0.3, -0.25) is 0 Å². The van der Waals surface area contributed by atoms with Gasteiger partial charge in [-0.15, -0.1) is 9.05 Å². The molecule has 0 aromatic heterocycles. The van der Waals surface area contributed by atoms with E-state index in [-0.39, 0.29) is 0 Å². The number of hydrogen-bond donors (Lipinski definition) is 0. The second-order valence-corrected chi connectivity index (χ2v) is 6.65. The van der Waals surface area contributed by atoms with E-state index in [9.17, 15) is 9.13 Å². The topological polar surface area (TPSA) is 52.6 Å². The van der Waals surface area contributed by atoms with Gasteiger partial charge in [0.05, 0.1) is 0 Å². The molecule has 0 saturated carbocycles. The summed E-state index contributed by atoms with van der Waals surface area (Å²) in [7, 11) is -2.85. The minimum Gasteiger partial charge on any atom is -0.147 e. The van der Waals surface area contributed by atoms with Crippen LogP contribution in [-0.2, 0) is 18.2 Å². The maximum Gasteiger partial charge on any atom is 0.504 e. The summed E-state index contributed by atoms with van der Waals surface area (Å²) in [5.41, 5.74) is 0. The van der Waals surface area contributed by atoms with Crippen LogP contribution in [-0.4, -0.2) is 26.5 Å². The second kappa shape index (κ2) is 13.5. The number of unbranched alkanes of at least 4 members (excludes halogenated alkanes) is 7. The molecule has 0 aliphatic rings. The first kappa shape index (κ1) is 18.1. The highest BCUT2D eigenvalue weighted by atomic mass is 31.1. The van der Waals surface area contributed by atoms with E-state index in [1.54, 1.807) is 13.3 Å². The van der Waals surface area contributed by atoms with Crippen molar-refractivity contribution in [2.24, 2.45) is 0 Å². The molecule has 4 nitrogen and oxygen atoms in total. The maximum absolute atomic E-state index is 10.6. The Morgan fingerprint density at radius 3 is 1.17 bits per heavy atom. The van der Waals surface area contributed by atoms with Crippen LogP contribution in [0.15, 0.2) is 0 Å². The third-order valence-electron chi connectivity index (χ3n) is 2.58. The summed E-state index contributed by atoms with van der Waals surface area (Å²) in [6.07, 6.45) is 9.27. The van der Waals surface area contributed by atoms with Gasteiger partial charge in [0.2, 0.25) is 0 Å². The molecule has 0 spiro atoms. The predicted molar refractivity (Wildman–Crippen MR) is 75.9 cm³/mol. The van der Waals surface area contributed by atoms with Crippen molar-refractivity contribution in [1.29, 1.82) is 0 Å². The molecule has 0 saturated heterocycles. The summed E-state index contributed by atoms with van der Waals surface area (Å²) in [5.74, 6) is 0. The lowest BCUT2D eigenvalue weighted by atomic mass is 10.1. The van der Waals surface area contributed by atoms with Gasteiger partial charge < -0.3 is 0 Å². The van der Waals surface area contributed by atoms with E-state index in [0.717, 1.165) is 25.7 Å². The summed E-state index contributed by atoms with van der Waals surface area (Å²) in [4.78, 5) is 0. The molecule has 6 heteroatoms. The highest BCUT2D eigenvalue weighted by molar-refractivity contribution is 7.38. The minimum atomic E-state index is -1.42. The fourth-order valence-electron chi connectivity index (χ4n) is 1.65. The number of rotatable bonds is 13. The molecule has 0 aromatic carbocycles. The van der Waals surface area contributed by atoms with E-state index in [2.05, 4.69) is 0 Å². The summed E-state index contributed by atoms with van der Waals surface area (Å²) in [6, 6.07) is 0. The molecular formula is C12H26O4P2+2. The van der Waals surface area contributed by atoms with Gasteiger partial charge in [-0.05, 0) is 22.0 Å². The molecule has 0 fully saturated rings. The summed E-state index contributed by atoms with van der Waals surface area (Å²) in [5, 5.41) is 0. The molecule has 0 heterocycles. The van der Waals surface area contributed by atoms with Gasteiger partial charge in [-0.25, -0.2) is 0 Å². The molecule has 0 aliphatic heterocycles. The van der Waals surface area contributed by atoms with Crippen LogP contribution in [0.25, 0.3) is 0 Å². The first-order chi connectivity index (χ1) is 8.63. The van der Waals surface area contributed by atoms with Gasteiger partial charge in [0.25, 0.3) is 0 Å². The second-order valence-electron chi connectivity index (χ2n) is 4.37. The van der Waals surface area contributed by atoms with Gasteiger partial charge in [0, 0.05) is 0 Å². The average Bonchev–Trinajstić information content (AvgIpc) is 2.29. The third kappa shape index (κ3) is 16.1. The summed E-state index contributed by atoms with van der Waals surface area (Å²) < 4.78 is 31.3. The monoisotopic (exact) mass is 296 g/mol. The summed E-state index contributed by atoms with van der Waals surface area (Å²) >= 11 is 0. The first-order valence-electron chi connectivity index (χ1n) is 6.70. The zero-order chi connectivity index (χ0) is 13.6. The third-order valence-corrected chi connectivity index (χ3v) is 3.68. The largest absolute Gasteiger partial charge is 0.504 e. The standard InChI is InChI=1S/C12H26O4P2/c1-17(13)15-11-9-7-5-3-4-6-8-10-12-16-18(2)14/h3-12H2,1-2H3/q+2.